The Morgan fingerprint density at radius 2 is 1.17 bits per heavy atom. The summed E-state index contributed by atoms with van der Waals surface area (Å²) in [7, 11) is 0. The van der Waals surface area contributed by atoms with Crippen LogP contribution in [0, 0.1) is 20.8 Å². The van der Waals surface area contributed by atoms with Crippen LogP contribution in [0.3, 0.4) is 0 Å². The molecule has 8 aromatic carbocycles. The first kappa shape index (κ1) is 41.0. The second-order valence-corrected chi connectivity index (χ2v) is 21.4. The zero-order valence-corrected chi connectivity index (χ0v) is 40.7. The SMILES string of the molecule is Cc1cc2c3c(c1)N(c1c(C)cc(-c4cc5ccccc5o4)cc1C)c1sc4ccc(C(C)(C)C)cc4c1B3c1ccc(-c3coc4ccccc34)cc1N2c1cccc(-c2coc3ccccc23)c1. The number of thiophene rings is 1. The number of fused-ring (bicyclic) bond motifs is 9. The molecule has 4 aromatic heterocycles. The van der Waals surface area contributed by atoms with Crippen molar-refractivity contribution in [2.75, 3.05) is 9.80 Å². The van der Waals surface area contributed by atoms with Crippen molar-refractivity contribution in [2.24, 2.45) is 0 Å². The molecule has 0 bridgehead atoms. The molecule has 0 radical (unpaired) electrons. The number of hydrogen-bond acceptors (Lipinski definition) is 6. The molecule has 6 heterocycles. The lowest BCUT2D eigenvalue weighted by atomic mass is 9.33. The fraction of sp³-hybridized carbons (Fsp3) is 0.111. The molecule has 0 fully saturated rings. The minimum Gasteiger partial charge on any atom is -0.464 e. The van der Waals surface area contributed by atoms with Crippen LogP contribution in [0.5, 0.6) is 0 Å². The normalized spacial score (nSPS) is 13.2. The van der Waals surface area contributed by atoms with Gasteiger partial charge in [0.25, 0.3) is 6.71 Å². The van der Waals surface area contributed by atoms with Gasteiger partial charge >= 0.3 is 0 Å². The molecule has 12 aromatic rings. The van der Waals surface area contributed by atoms with E-state index < -0.39 is 0 Å². The van der Waals surface area contributed by atoms with Crippen molar-refractivity contribution < 1.29 is 13.3 Å². The average Bonchev–Trinajstić information content (AvgIpc) is 4.18. The van der Waals surface area contributed by atoms with Crippen molar-refractivity contribution in [1.29, 1.82) is 0 Å². The van der Waals surface area contributed by atoms with Gasteiger partial charge in [-0.2, -0.15) is 0 Å². The summed E-state index contributed by atoms with van der Waals surface area (Å²) in [5.74, 6) is 0.878. The van der Waals surface area contributed by atoms with Gasteiger partial charge in [0.05, 0.1) is 23.2 Å². The maximum Gasteiger partial charge on any atom is 0.254 e. The third kappa shape index (κ3) is 6.10. The molecule has 0 saturated carbocycles. The summed E-state index contributed by atoms with van der Waals surface area (Å²) in [5, 5.41) is 5.87. The maximum absolute atomic E-state index is 6.47. The Labute approximate surface area is 410 Å². The predicted molar refractivity (Wildman–Crippen MR) is 294 cm³/mol. The molecular formula is C63H47BN2O3S. The molecule has 2 aliphatic heterocycles. The Hall–Kier alpha value is -8.00. The Balaban J connectivity index is 1.05. The highest BCUT2D eigenvalue weighted by molar-refractivity contribution is 7.26. The maximum atomic E-state index is 6.47. The lowest BCUT2D eigenvalue weighted by molar-refractivity contribution is 0.591. The van der Waals surface area contributed by atoms with E-state index in [1.54, 1.807) is 0 Å². The number of anilines is 6. The first-order chi connectivity index (χ1) is 34.1. The van der Waals surface area contributed by atoms with E-state index in [4.69, 9.17) is 13.3 Å². The van der Waals surface area contributed by atoms with E-state index in [2.05, 4.69) is 179 Å². The van der Waals surface area contributed by atoms with Crippen molar-refractivity contribution in [2.45, 2.75) is 47.0 Å². The number of rotatable bonds is 5. The van der Waals surface area contributed by atoms with Crippen LogP contribution in [0.4, 0.5) is 33.4 Å². The van der Waals surface area contributed by atoms with Gasteiger partial charge in [0, 0.05) is 60.3 Å². The molecule has 70 heavy (non-hydrogen) atoms. The molecule has 14 rings (SSSR count). The molecule has 336 valence electrons. The fourth-order valence-electron chi connectivity index (χ4n) is 11.6. The smallest absolute Gasteiger partial charge is 0.254 e. The second kappa shape index (κ2) is 15.0. The quantitative estimate of drug-likeness (QED) is 0.161. The van der Waals surface area contributed by atoms with E-state index in [0.717, 1.165) is 77.9 Å². The number of furan rings is 3. The minimum atomic E-state index is -0.0568. The van der Waals surface area contributed by atoms with E-state index >= 15 is 0 Å². The Bertz CT molecular complexity index is 4080. The van der Waals surface area contributed by atoms with Gasteiger partial charge in [-0.05, 0) is 154 Å². The molecule has 0 spiro atoms. The van der Waals surface area contributed by atoms with Crippen molar-refractivity contribution in [3.8, 4) is 33.6 Å². The van der Waals surface area contributed by atoms with Gasteiger partial charge in [-0.15, -0.1) is 11.3 Å². The molecule has 0 saturated heterocycles. The van der Waals surface area contributed by atoms with Crippen LogP contribution >= 0.6 is 11.3 Å². The van der Waals surface area contributed by atoms with Crippen LogP contribution in [0.2, 0.25) is 0 Å². The van der Waals surface area contributed by atoms with Crippen molar-refractivity contribution in [3.63, 3.8) is 0 Å². The molecule has 2 aliphatic rings. The summed E-state index contributed by atoms with van der Waals surface area (Å²) in [6.45, 7) is 13.7. The molecule has 5 nitrogen and oxygen atoms in total. The standard InChI is InChI=1S/C63H47BN2O3S/c1-36-26-52-60-53(27-36)66(61-37(2)28-42(29-38(61)3)57-32-41-14-7-10-19-54(41)69-57)62-59(47-33-43(63(4,5)6)23-25-58(47)70-62)64(60)50-24-22-40(49-35-68-56-21-12-9-18-46(49)56)31-51(50)65(52)44-16-13-15-39(30-44)48-34-67-55-20-11-8-17-45(48)55/h7-35H,1-6H3. The van der Waals surface area contributed by atoms with E-state index in [-0.39, 0.29) is 12.1 Å². The summed E-state index contributed by atoms with van der Waals surface area (Å²) < 4.78 is 20.1. The average molecular weight is 923 g/mol. The lowest BCUT2D eigenvalue weighted by Gasteiger charge is -2.44. The topological polar surface area (TPSA) is 45.9 Å². The van der Waals surface area contributed by atoms with Gasteiger partial charge in [0.2, 0.25) is 0 Å². The van der Waals surface area contributed by atoms with Crippen molar-refractivity contribution in [1.82, 2.24) is 0 Å². The predicted octanol–water partition coefficient (Wildman–Crippen LogP) is 16.4. The summed E-state index contributed by atoms with van der Waals surface area (Å²) >= 11 is 1.91. The number of para-hydroxylation sites is 3. The first-order valence-corrected chi connectivity index (χ1v) is 25.0. The van der Waals surface area contributed by atoms with Crippen molar-refractivity contribution >= 4 is 111 Å². The molecule has 7 heteroatoms. The van der Waals surface area contributed by atoms with Gasteiger partial charge in [0.15, 0.2) is 0 Å². The molecule has 0 aliphatic carbocycles. The van der Waals surface area contributed by atoms with E-state index in [9.17, 15) is 0 Å². The van der Waals surface area contributed by atoms with Crippen LogP contribution in [0.25, 0.3) is 76.6 Å². The van der Waals surface area contributed by atoms with E-state index in [1.165, 1.54) is 70.8 Å². The number of hydrogen-bond donors (Lipinski definition) is 0. The number of nitrogens with zero attached hydrogens (tertiary/aromatic N) is 2. The summed E-state index contributed by atoms with van der Waals surface area (Å²) in [6, 6.07) is 59.8. The van der Waals surface area contributed by atoms with Crippen LogP contribution < -0.4 is 26.2 Å². The highest BCUT2D eigenvalue weighted by Gasteiger charge is 2.46. The largest absolute Gasteiger partial charge is 0.464 e. The molecule has 0 amide bonds. The Morgan fingerprint density at radius 3 is 1.87 bits per heavy atom. The van der Waals surface area contributed by atoms with Gasteiger partial charge in [-0.3, -0.25) is 0 Å². The van der Waals surface area contributed by atoms with Crippen molar-refractivity contribution in [3.05, 3.63) is 199 Å². The first-order valence-electron chi connectivity index (χ1n) is 24.1. The molecule has 0 unspecified atom stereocenters. The van der Waals surface area contributed by atoms with Gasteiger partial charge in [-0.1, -0.05) is 112 Å². The minimum absolute atomic E-state index is 0.0356. The Morgan fingerprint density at radius 1 is 0.514 bits per heavy atom. The van der Waals surface area contributed by atoms with Gasteiger partial charge < -0.3 is 23.1 Å². The third-order valence-electron chi connectivity index (χ3n) is 14.8. The number of benzene rings is 8. The Kier molecular flexibility index (Phi) is 8.79. The van der Waals surface area contributed by atoms with Gasteiger partial charge in [0.1, 0.15) is 22.5 Å². The summed E-state index contributed by atoms with van der Waals surface area (Å²) in [5.41, 5.74) is 22.7. The lowest BCUT2D eigenvalue weighted by Crippen LogP contribution is -2.61. The molecule has 0 N–H and O–H groups in total. The monoisotopic (exact) mass is 922 g/mol. The van der Waals surface area contributed by atoms with Crippen LogP contribution in [-0.2, 0) is 5.41 Å². The number of aryl methyl sites for hydroxylation is 3. The zero-order chi connectivity index (χ0) is 47.2. The molecule has 0 atom stereocenters. The highest BCUT2D eigenvalue weighted by Crippen LogP contribution is 2.51. The summed E-state index contributed by atoms with van der Waals surface area (Å²) in [6.07, 6.45) is 3.82. The molecular weight excluding hydrogens is 876 g/mol. The van der Waals surface area contributed by atoms with Crippen LogP contribution in [0.15, 0.2) is 190 Å². The highest BCUT2D eigenvalue weighted by atomic mass is 32.1. The van der Waals surface area contributed by atoms with Crippen LogP contribution in [-0.4, -0.2) is 6.71 Å². The van der Waals surface area contributed by atoms with Crippen LogP contribution in [0.1, 0.15) is 43.0 Å². The summed E-state index contributed by atoms with van der Waals surface area (Å²) in [4.78, 5) is 5.13. The second-order valence-electron chi connectivity index (χ2n) is 20.3. The van der Waals surface area contributed by atoms with E-state index in [1.807, 2.05) is 60.3 Å². The van der Waals surface area contributed by atoms with Gasteiger partial charge in [-0.25, -0.2) is 0 Å². The fourth-order valence-corrected chi connectivity index (χ4v) is 12.8. The third-order valence-corrected chi connectivity index (χ3v) is 16.0. The van der Waals surface area contributed by atoms with E-state index in [0.29, 0.717) is 0 Å². The zero-order valence-electron chi connectivity index (χ0n) is 39.8.